The smallest absolute Gasteiger partial charge is 0.0650 e. The Balaban J connectivity index is 2.12. The van der Waals surface area contributed by atoms with Crippen molar-refractivity contribution in [1.29, 1.82) is 0 Å². The molecule has 3 heteroatoms. The summed E-state index contributed by atoms with van der Waals surface area (Å²) in [6.07, 6.45) is 2.92. The van der Waals surface area contributed by atoms with Gasteiger partial charge in [-0.2, -0.15) is 5.10 Å². The summed E-state index contributed by atoms with van der Waals surface area (Å²) in [6.45, 7) is 4.27. The van der Waals surface area contributed by atoms with Crippen molar-refractivity contribution in [2.45, 2.75) is 19.9 Å². The van der Waals surface area contributed by atoms with E-state index in [0.717, 1.165) is 25.2 Å². The summed E-state index contributed by atoms with van der Waals surface area (Å²) >= 11 is 0. The van der Waals surface area contributed by atoms with E-state index in [1.807, 2.05) is 6.07 Å². The van der Waals surface area contributed by atoms with Crippen molar-refractivity contribution in [1.82, 2.24) is 15.5 Å². The van der Waals surface area contributed by atoms with Gasteiger partial charge in [0.25, 0.3) is 0 Å². The summed E-state index contributed by atoms with van der Waals surface area (Å²) in [5, 5.41) is 10.4. The number of H-pyrrole nitrogens is 1. The number of nitrogens with one attached hydrogen (secondary N) is 2. The molecule has 2 N–H and O–H groups in total. The SMILES string of the molecule is Cc1cc(-c2ccn[nH]2)cc2c1CNCC2. The number of aryl methyl sites for hydroxylation is 1. The number of rotatable bonds is 1. The van der Waals surface area contributed by atoms with Crippen LogP contribution in [0.1, 0.15) is 16.7 Å². The lowest BCUT2D eigenvalue weighted by Crippen LogP contribution is -2.24. The highest BCUT2D eigenvalue weighted by Crippen LogP contribution is 2.25. The van der Waals surface area contributed by atoms with Gasteiger partial charge in [-0.15, -0.1) is 0 Å². The minimum atomic E-state index is 1.00. The first-order chi connectivity index (χ1) is 7.84. The van der Waals surface area contributed by atoms with Gasteiger partial charge in [0.2, 0.25) is 0 Å². The van der Waals surface area contributed by atoms with Gasteiger partial charge < -0.3 is 5.32 Å². The van der Waals surface area contributed by atoms with Crippen molar-refractivity contribution in [3.05, 3.63) is 41.1 Å². The van der Waals surface area contributed by atoms with E-state index in [0.29, 0.717) is 0 Å². The zero-order chi connectivity index (χ0) is 11.0. The van der Waals surface area contributed by atoms with E-state index in [1.54, 1.807) is 6.20 Å². The molecule has 3 nitrogen and oxygen atoms in total. The predicted octanol–water partition coefficient (Wildman–Crippen LogP) is 2.03. The highest BCUT2D eigenvalue weighted by Gasteiger charge is 2.13. The van der Waals surface area contributed by atoms with E-state index in [1.165, 1.54) is 22.3 Å². The largest absolute Gasteiger partial charge is 0.312 e. The lowest BCUT2D eigenvalue weighted by molar-refractivity contribution is 0.641. The summed E-state index contributed by atoms with van der Waals surface area (Å²) < 4.78 is 0. The van der Waals surface area contributed by atoms with E-state index in [4.69, 9.17) is 0 Å². The molecule has 0 bridgehead atoms. The molecule has 3 rings (SSSR count). The Morgan fingerprint density at radius 2 is 2.25 bits per heavy atom. The highest BCUT2D eigenvalue weighted by atomic mass is 15.1. The molecule has 1 aliphatic rings. The molecule has 1 aliphatic heterocycles. The summed E-state index contributed by atoms with van der Waals surface area (Å²) in [4.78, 5) is 0. The minimum Gasteiger partial charge on any atom is -0.312 e. The van der Waals surface area contributed by atoms with Gasteiger partial charge in [-0.25, -0.2) is 0 Å². The second-order valence-electron chi connectivity index (χ2n) is 4.33. The van der Waals surface area contributed by atoms with Crippen LogP contribution in [-0.4, -0.2) is 16.7 Å². The summed E-state index contributed by atoms with van der Waals surface area (Å²) in [6, 6.07) is 6.54. The lowest BCUT2D eigenvalue weighted by atomic mass is 9.93. The van der Waals surface area contributed by atoms with Crippen LogP contribution < -0.4 is 5.32 Å². The van der Waals surface area contributed by atoms with Crippen LogP contribution in [0.25, 0.3) is 11.3 Å². The van der Waals surface area contributed by atoms with E-state index in [2.05, 4.69) is 34.6 Å². The van der Waals surface area contributed by atoms with Crippen LogP contribution in [0, 0.1) is 6.92 Å². The fourth-order valence-corrected chi connectivity index (χ4v) is 2.37. The van der Waals surface area contributed by atoms with Crippen LogP contribution in [0.3, 0.4) is 0 Å². The number of aromatic amines is 1. The van der Waals surface area contributed by atoms with E-state index >= 15 is 0 Å². The van der Waals surface area contributed by atoms with Crippen molar-refractivity contribution in [2.75, 3.05) is 6.54 Å². The zero-order valence-electron chi connectivity index (χ0n) is 9.38. The monoisotopic (exact) mass is 213 g/mol. The van der Waals surface area contributed by atoms with Gasteiger partial charge >= 0.3 is 0 Å². The third kappa shape index (κ3) is 1.53. The normalized spacial score (nSPS) is 14.8. The first-order valence-corrected chi connectivity index (χ1v) is 5.67. The van der Waals surface area contributed by atoms with Gasteiger partial charge in [-0.3, -0.25) is 5.10 Å². The van der Waals surface area contributed by atoms with Gasteiger partial charge in [-0.05, 0) is 54.8 Å². The van der Waals surface area contributed by atoms with Crippen LogP contribution in [-0.2, 0) is 13.0 Å². The van der Waals surface area contributed by atoms with Crippen molar-refractivity contribution in [3.63, 3.8) is 0 Å². The van der Waals surface area contributed by atoms with E-state index in [9.17, 15) is 0 Å². The third-order valence-corrected chi connectivity index (χ3v) is 3.25. The van der Waals surface area contributed by atoms with Crippen LogP contribution in [0.15, 0.2) is 24.4 Å². The fourth-order valence-electron chi connectivity index (χ4n) is 2.37. The summed E-state index contributed by atoms with van der Waals surface area (Å²) in [7, 11) is 0. The number of hydrogen-bond donors (Lipinski definition) is 2. The van der Waals surface area contributed by atoms with E-state index in [-0.39, 0.29) is 0 Å². The van der Waals surface area contributed by atoms with Crippen molar-refractivity contribution in [3.8, 4) is 11.3 Å². The molecule has 0 saturated carbocycles. The predicted molar refractivity (Wildman–Crippen MR) is 64.2 cm³/mol. The molecular formula is C13H15N3. The molecule has 0 atom stereocenters. The summed E-state index contributed by atoms with van der Waals surface area (Å²) in [5.41, 5.74) is 6.66. The number of aromatic nitrogens is 2. The molecule has 2 aromatic rings. The average Bonchev–Trinajstić information content (AvgIpc) is 2.82. The highest BCUT2D eigenvalue weighted by molar-refractivity contribution is 5.62. The molecule has 16 heavy (non-hydrogen) atoms. The minimum absolute atomic E-state index is 1.00. The van der Waals surface area contributed by atoms with Crippen LogP contribution in [0.4, 0.5) is 0 Å². The van der Waals surface area contributed by atoms with Gasteiger partial charge in [0.05, 0.1) is 5.69 Å². The zero-order valence-corrected chi connectivity index (χ0v) is 9.38. The Kier molecular flexibility index (Phi) is 2.26. The molecule has 0 spiro atoms. The molecule has 1 aromatic carbocycles. The molecule has 0 unspecified atom stereocenters. The maximum atomic E-state index is 4.00. The van der Waals surface area contributed by atoms with Gasteiger partial charge in [0.1, 0.15) is 0 Å². The van der Waals surface area contributed by atoms with Crippen molar-refractivity contribution >= 4 is 0 Å². The Labute approximate surface area is 94.9 Å². The number of hydrogen-bond acceptors (Lipinski definition) is 2. The van der Waals surface area contributed by atoms with Gasteiger partial charge in [-0.1, -0.05) is 0 Å². The number of fused-ring (bicyclic) bond motifs is 1. The molecule has 0 saturated heterocycles. The summed E-state index contributed by atoms with van der Waals surface area (Å²) in [5.74, 6) is 0. The molecule has 82 valence electrons. The van der Waals surface area contributed by atoms with Gasteiger partial charge in [0.15, 0.2) is 0 Å². The standard InChI is InChI=1S/C13H15N3/c1-9-6-11(13-3-5-15-16-13)7-10-2-4-14-8-12(9)10/h3,5-7,14H,2,4,8H2,1H3,(H,15,16). The Morgan fingerprint density at radius 1 is 1.31 bits per heavy atom. The molecular weight excluding hydrogens is 198 g/mol. The topological polar surface area (TPSA) is 40.7 Å². The molecule has 0 aliphatic carbocycles. The first kappa shape index (κ1) is 9.60. The van der Waals surface area contributed by atoms with Crippen LogP contribution >= 0.6 is 0 Å². The maximum Gasteiger partial charge on any atom is 0.0650 e. The maximum absolute atomic E-state index is 4.00. The Bertz CT molecular complexity index is 500. The number of benzene rings is 1. The molecule has 0 amide bonds. The van der Waals surface area contributed by atoms with Gasteiger partial charge in [0, 0.05) is 18.3 Å². The third-order valence-electron chi connectivity index (χ3n) is 3.25. The molecule has 2 heterocycles. The molecule has 1 aromatic heterocycles. The Morgan fingerprint density at radius 3 is 3.06 bits per heavy atom. The Hall–Kier alpha value is -1.61. The van der Waals surface area contributed by atoms with Crippen LogP contribution in [0.2, 0.25) is 0 Å². The second kappa shape index (κ2) is 3.76. The number of nitrogens with zero attached hydrogens (tertiary/aromatic N) is 1. The molecule has 0 radical (unpaired) electrons. The fraction of sp³-hybridized carbons (Fsp3) is 0.308. The van der Waals surface area contributed by atoms with Crippen LogP contribution in [0.5, 0.6) is 0 Å². The van der Waals surface area contributed by atoms with Crippen molar-refractivity contribution in [2.24, 2.45) is 0 Å². The lowest BCUT2D eigenvalue weighted by Gasteiger charge is -2.20. The average molecular weight is 213 g/mol. The first-order valence-electron chi connectivity index (χ1n) is 5.67. The second-order valence-corrected chi connectivity index (χ2v) is 4.33. The molecule has 0 fully saturated rings. The quantitative estimate of drug-likeness (QED) is 0.761. The van der Waals surface area contributed by atoms with E-state index < -0.39 is 0 Å². The van der Waals surface area contributed by atoms with Crippen molar-refractivity contribution < 1.29 is 0 Å².